The van der Waals surface area contributed by atoms with Crippen molar-refractivity contribution in [3.8, 4) is 0 Å². The van der Waals surface area contributed by atoms with E-state index in [1.165, 1.54) is 24.6 Å². The molecule has 2 aromatic rings. The first-order valence-corrected chi connectivity index (χ1v) is 8.90. The molecule has 7 nitrogen and oxygen atoms in total. The Balaban J connectivity index is 1.60. The molecule has 3 heterocycles. The fourth-order valence-corrected chi connectivity index (χ4v) is 3.62. The van der Waals surface area contributed by atoms with Crippen LogP contribution in [0.4, 0.5) is 5.82 Å². The van der Waals surface area contributed by atoms with Gasteiger partial charge in [-0.15, -0.1) is 0 Å². The third-order valence-electron chi connectivity index (χ3n) is 4.26. The van der Waals surface area contributed by atoms with Gasteiger partial charge in [0.15, 0.2) is 0 Å². The molecule has 0 N–H and O–H groups in total. The van der Waals surface area contributed by atoms with Crippen LogP contribution in [0, 0.1) is 0 Å². The van der Waals surface area contributed by atoms with E-state index in [1.807, 2.05) is 17.9 Å². The minimum absolute atomic E-state index is 0.247. The van der Waals surface area contributed by atoms with E-state index < -0.39 is 0 Å². The SMILES string of the molecule is COC(=O)CSc1cncc(N2CCC(c3ccnn3C)CC2)n1. The lowest BCUT2D eigenvalue weighted by atomic mass is 9.93. The van der Waals surface area contributed by atoms with Crippen LogP contribution in [-0.2, 0) is 16.6 Å². The molecule has 1 saturated heterocycles. The van der Waals surface area contributed by atoms with Crippen molar-refractivity contribution in [3.63, 3.8) is 0 Å². The van der Waals surface area contributed by atoms with Gasteiger partial charge in [0.2, 0.25) is 0 Å². The first-order chi connectivity index (χ1) is 11.7. The van der Waals surface area contributed by atoms with Gasteiger partial charge in [-0.3, -0.25) is 14.5 Å². The molecule has 24 heavy (non-hydrogen) atoms. The summed E-state index contributed by atoms with van der Waals surface area (Å²) in [6.45, 7) is 1.88. The Morgan fingerprint density at radius 2 is 2.17 bits per heavy atom. The molecule has 1 aliphatic rings. The number of methoxy groups -OCH3 is 1. The lowest BCUT2D eigenvalue weighted by molar-refractivity contribution is -0.137. The molecule has 3 rings (SSSR count). The number of aryl methyl sites for hydroxylation is 1. The molecule has 0 unspecified atom stereocenters. The van der Waals surface area contributed by atoms with Crippen molar-refractivity contribution in [3.05, 3.63) is 30.4 Å². The van der Waals surface area contributed by atoms with Gasteiger partial charge in [-0.25, -0.2) is 4.98 Å². The number of thioether (sulfide) groups is 1. The van der Waals surface area contributed by atoms with E-state index in [-0.39, 0.29) is 11.7 Å². The van der Waals surface area contributed by atoms with E-state index in [0.29, 0.717) is 5.92 Å². The van der Waals surface area contributed by atoms with Crippen LogP contribution in [0.25, 0.3) is 0 Å². The van der Waals surface area contributed by atoms with Crippen LogP contribution in [-0.4, -0.2) is 51.7 Å². The van der Waals surface area contributed by atoms with Gasteiger partial charge in [-0.1, -0.05) is 11.8 Å². The number of piperidine rings is 1. The Bertz CT molecular complexity index is 697. The van der Waals surface area contributed by atoms with Gasteiger partial charge in [0.05, 0.1) is 25.3 Å². The number of hydrogen-bond acceptors (Lipinski definition) is 7. The molecular formula is C16H21N5O2S. The summed E-state index contributed by atoms with van der Waals surface area (Å²) in [5.74, 6) is 1.40. The first kappa shape index (κ1) is 16.8. The van der Waals surface area contributed by atoms with Gasteiger partial charge in [0.25, 0.3) is 0 Å². The maximum absolute atomic E-state index is 11.2. The highest BCUT2D eigenvalue weighted by Crippen LogP contribution is 2.29. The van der Waals surface area contributed by atoms with Crippen molar-refractivity contribution in [2.45, 2.75) is 23.8 Å². The summed E-state index contributed by atoms with van der Waals surface area (Å²) < 4.78 is 6.61. The highest BCUT2D eigenvalue weighted by molar-refractivity contribution is 7.99. The number of carbonyl (C=O) groups is 1. The Kier molecular flexibility index (Phi) is 5.34. The third kappa shape index (κ3) is 3.87. The molecule has 8 heteroatoms. The number of anilines is 1. The second kappa shape index (κ2) is 7.65. The summed E-state index contributed by atoms with van der Waals surface area (Å²) in [4.78, 5) is 22.4. The van der Waals surface area contributed by atoms with E-state index in [0.717, 1.165) is 36.8 Å². The normalized spacial score (nSPS) is 15.5. The molecule has 1 aliphatic heterocycles. The summed E-state index contributed by atoms with van der Waals surface area (Å²) in [7, 11) is 3.38. The van der Waals surface area contributed by atoms with Gasteiger partial charge in [-0.2, -0.15) is 5.10 Å². The smallest absolute Gasteiger partial charge is 0.316 e. The summed E-state index contributed by atoms with van der Waals surface area (Å²) in [5, 5.41) is 5.00. The van der Waals surface area contributed by atoms with Crippen LogP contribution >= 0.6 is 11.8 Å². The summed E-state index contributed by atoms with van der Waals surface area (Å²) in [6.07, 6.45) is 7.46. The predicted molar refractivity (Wildman–Crippen MR) is 92.2 cm³/mol. The summed E-state index contributed by atoms with van der Waals surface area (Å²) in [5.41, 5.74) is 1.29. The van der Waals surface area contributed by atoms with Gasteiger partial charge < -0.3 is 9.64 Å². The van der Waals surface area contributed by atoms with Gasteiger partial charge in [-0.05, 0) is 18.9 Å². The van der Waals surface area contributed by atoms with Gasteiger partial charge in [0, 0.05) is 37.9 Å². The topological polar surface area (TPSA) is 73.1 Å². The van der Waals surface area contributed by atoms with Crippen LogP contribution in [0.3, 0.4) is 0 Å². The van der Waals surface area contributed by atoms with Gasteiger partial charge >= 0.3 is 5.97 Å². The van der Waals surface area contributed by atoms with Gasteiger partial charge in [0.1, 0.15) is 10.8 Å². The number of esters is 1. The second-order valence-corrected chi connectivity index (χ2v) is 6.72. The van der Waals surface area contributed by atoms with Crippen LogP contribution < -0.4 is 4.90 Å². The van der Waals surface area contributed by atoms with Crippen molar-refractivity contribution >= 4 is 23.5 Å². The molecule has 0 spiro atoms. The van der Waals surface area contributed by atoms with E-state index in [2.05, 4.69) is 30.8 Å². The van der Waals surface area contributed by atoms with Crippen molar-refractivity contribution in [1.29, 1.82) is 0 Å². The number of aromatic nitrogens is 4. The fourth-order valence-electron chi connectivity index (χ4n) is 2.94. The zero-order valence-electron chi connectivity index (χ0n) is 13.9. The molecule has 2 aromatic heterocycles. The van der Waals surface area contributed by atoms with Crippen LogP contribution in [0.1, 0.15) is 24.5 Å². The monoisotopic (exact) mass is 347 g/mol. The average molecular weight is 347 g/mol. The quantitative estimate of drug-likeness (QED) is 0.604. The zero-order chi connectivity index (χ0) is 16.9. The predicted octanol–water partition coefficient (Wildman–Crippen LogP) is 1.86. The van der Waals surface area contributed by atoms with Crippen molar-refractivity contribution in [2.24, 2.45) is 7.05 Å². The minimum Gasteiger partial charge on any atom is -0.468 e. The summed E-state index contributed by atoms with van der Waals surface area (Å²) >= 11 is 1.35. The fraction of sp³-hybridized carbons (Fsp3) is 0.500. The molecule has 0 aliphatic carbocycles. The molecular weight excluding hydrogens is 326 g/mol. The highest BCUT2D eigenvalue weighted by atomic mass is 32.2. The largest absolute Gasteiger partial charge is 0.468 e. The number of rotatable bonds is 5. The van der Waals surface area contributed by atoms with Crippen molar-refractivity contribution in [1.82, 2.24) is 19.7 Å². The lowest BCUT2D eigenvalue weighted by Crippen LogP contribution is -2.34. The molecule has 0 atom stereocenters. The van der Waals surface area contributed by atoms with Crippen LogP contribution in [0.15, 0.2) is 29.7 Å². The van der Waals surface area contributed by atoms with Crippen LogP contribution in [0.2, 0.25) is 0 Å². The molecule has 0 aromatic carbocycles. The maximum Gasteiger partial charge on any atom is 0.316 e. The average Bonchev–Trinajstić information content (AvgIpc) is 3.06. The molecule has 0 saturated carbocycles. The zero-order valence-corrected chi connectivity index (χ0v) is 14.7. The second-order valence-electron chi connectivity index (χ2n) is 5.72. The number of carbonyl (C=O) groups excluding carboxylic acids is 1. The Morgan fingerprint density at radius 1 is 1.38 bits per heavy atom. The summed E-state index contributed by atoms with van der Waals surface area (Å²) in [6, 6.07) is 2.10. The highest BCUT2D eigenvalue weighted by Gasteiger charge is 2.23. The van der Waals surface area contributed by atoms with E-state index in [1.54, 1.807) is 12.4 Å². The lowest BCUT2D eigenvalue weighted by Gasteiger charge is -2.32. The maximum atomic E-state index is 11.2. The molecule has 0 radical (unpaired) electrons. The minimum atomic E-state index is -0.260. The molecule has 0 bridgehead atoms. The Labute approximate surface area is 145 Å². The van der Waals surface area contributed by atoms with Crippen molar-refractivity contribution in [2.75, 3.05) is 30.9 Å². The molecule has 0 amide bonds. The Hall–Kier alpha value is -2.09. The number of nitrogens with zero attached hydrogens (tertiary/aromatic N) is 5. The van der Waals surface area contributed by atoms with E-state index in [4.69, 9.17) is 0 Å². The third-order valence-corrected chi connectivity index (χ3v) is 5.13. The molecule has 1 fully saturated rings. The number of hydrogen-bond donors (Lipinski definition) is 0. The Morgan fingerprint density at radius 3 is 2.83 bits per heavy atom. The van der Waals surface area contributed by atoms with E-state index in [9.17, 15) is 4.79 Å². The first-order valence-electron chi connectivity index (χ1n) is 7.92. The van der Waals surface area contributed by atoms with Crippen molar-refractivity contribution < 1.29 is 9.53 Å². The number of ether oxygens (including phenoxy) is 1. The van der Waals surface area contributed by atoms with Crippen LogP contribution in [0.5, 0.6) is 0 Å². The standard InChI is InChI=1S/C16H21N5O2S/c1-20-13(3-6-18-20)12-4-7-21(8-5-12)14-9-17-10-15(19-14)24-11-16(22)23-2/h3,6,9-10,12H,4-5,7-8,11H2,1-2H3. The van der Waals surface area contributed by atoms with E-state index >= 15 is 0 Å². The molecule has 128 valence electrons.